The average molecular weight is 476 g/mol. The minimum atomic E-state index is -4.51. The Labute approximate surface area is 195 Å². The Morgan fingerprint density at radius 1 is 1.12 bits per heavy atom. The molecule has 0 bridgehead atoms. The van der Waals surface area contributed by atoms with Crippen molar-refractivity contribution >= 4 is 28.1 Å². The SMILES string of the molecule is CCN1CCN(c2cc3c(N[C@H](C)c4cc(N)cc(C(F)(F)F)c4)nncc3c(=O)n2C)CC1. The average Bonchev–Trinajstić information content (AvgIpc) is 2.81. The number of piperazine rings is 1. The molecule has 8 nitrogen and oxygen atoms in total. The zero-order valence-corrected chi connectivity index (χ0v) is 19.4. The van der Waals surface area contributed by atoms with E-state index in [9.17, 15) is 18.0 Å². The van der Waals surface area contributed by atoms with Crippen LogP contribution in [0.15, 0.2) is 35.3 Å². The molecule has 11 heteroatoms. The predicted molar refractivity (Wildman–Crippen MR) is 127 cm³/mol. The van der Waals surface area contributed by atoms with E-state index >= 15 is 0 Å². The third-order valence-electron chi connectivity index (χ3n) is 6.34. The molecular formula is C23H28F3N7O. The van der Waals surface area contributed by atoms with Crippen LogP contribution in [0.1, 0.15) is 31.0 Å². The van der Waals surface area contributed by atoms with E-state index in [0.29, 0.717) is 22.2 Å². The molecule has 182 valence electrons. The summed E-state index contributed by atoms with van der Waals surface area (Å²) in [6.45, 7) is 8.18. The Morgan fingerprint density at radius 3 is 2.47 bits per heavy atom. The van der Waals surface area contributed by atoms with Gasteiger partial charge < -0.3 is 20.9 Å². The van der Waals surface area contributed by atoms with Crippen LogP contribution in [0.25, 0.3) is 10.8 Å². The van der Waals surface area contributed by atoms with Gasteiger partial charge in [0.1, 0.15) is 5.82 Å². The Bertz CT molecular complexity index is 1250. The topological polar surface area (TPSA) is 92.3 Å². The number of pyridine rings is 1. The van der Waals surface area contributed by atoms with E-state index in [2.05, 4.69) is 32.2 Å². The molecule has 1 atom stereocenters. The standard InChI is InChI=1S/C23H28F3N7O/c1-4-32-5-7-33(8-6-32)20-12-18-19(22(34)31(20)3)13-28-30-21(18)29-14(2)15-9-16(23(24,25)26)11-17(27)10-15/h9-14H,4-8,27H2,1-3H3,(H,29,30)/t14-/m1/s1. The number of hydrogen-bond donors (Lipinski definition) is 2. The van der Waals surface area contributed by atoms with Gasteiger partial charge >= 0.3 is 6.18 Å². The number of hydrogen-bond acceptors (Lipinski definition) is 7. The lowest BCUT2D eigenvalue weighted by molar-refractivity contribution is -0.137. The van der Waals surface area contributed by atoms with Crippen LogP contribution in [-0.4, -0.2) is 52.4 Å². The number of halogens is 3. The zero-order chi connectivity index (χ0) is 24.6. The van der Waals surface area contributed by atoms with E-state index < -0.39 is 17.8 Å². The molecule has 3 aromatic rings. The highest BCUT2D eigenvalue weighted by molar-refractivity contribution is 5.92. The fraction of sp³-hybridized carbons (Fsp3) is 0.435. The van der Waals surface area contributed by atoms with Gasteiger partial charge in [-0.3, -0.25) is 9.36 Å². The Hall–Kier alpha value is -3.34. The maximum atomic E-state index is 13.3. The summed E-state index contributed by atoms with van der Waals surface area (Å²) >= 11 is 0. The Morgan fingerprint density at radius 2 is 1.82 bits per heavy atom. The van der Waals surface area contributed by atoms with Crippen LogP contribution in [0.5, 0.6) is 0 Å². The van der Waals surface area contributed by atoms with Crippen molar-refractivity contribution in [2.24, 2.45) is 7.05 Å². The third-order valence-corrected chi connectivity index (χ3v) is 6.34. The molecule has 0 amide bonds. The molecule has 1 aromatic carbocycles. The van der Waals surface area contributed by atoms with Crippen LogP contribution < -0.4 is 21.5 Å². The van der Waals surface area contributed by atoms with Crippen LogP contribution in [0.3, 0.4) is 0 Å². The molecule has 3 N–H and O–H groups in total. The lowest BCUT2D eigenvalue weighted by Crippen LogP contribution is -2.47. The second kappa shape index (κ2) is 9.13. The smallest absolute Gasteiger partial charge is 0.399 e. The highest BCUT2D eigenvalue weighted by Gasteiger charge is 2.31. The second-order valence-corrected chi connectivity index (χ2v) is 8.56. The molecule has 0 radical (unpaired) electrons. The lowest BCUT2D eigenvalue weighted by Gasteiger charge is -2.36. The molecule has 0 unspecified atom stereocenters. The normalized spacial score (nSPS) is 16.1. The highest BCUT2D eigenvalue weighted by atomic mass is 19.4. The van der Waals surface area contributed by atoms with Crippen LogP contribution in [-0.2, 0) is 13.2 Å². The molecule has 3 heterocycles. The van der Waals surface area contributed by atoms with E-state index in [4.69, 9.17) is 5.73 Å². The summed E-state index contributed by atoms with van der Waals surface area (Å²) in [4.78, 5) is 17.6. The van der Waals surface area contributed by atoms with Gasteiger partial charge in [-0.1, -0.05) is 6.92 Å². The van der Waals surface area contributed by atoms with E-state index in [1.54, 1.807) is 18.5 Å². The molecule has 1 saturated heterocycles. The number of nitrogens with two attached hydrogens (primary N) is 1. The van der Waals surface area contributed by atoms with Gasteiger partial charge in [0.15, 0.2) is 5.82 Å². The van der Waals surface area contributed by atoms with Crippen molar-refractivity contribution < 1.29 is 13.2 Å². The quantitative estimate of drug-likeness (QED) is 0.548. The van der Waals surface area contributed by atoms with Gasteiger partial charge in [-0.2, -0.15) is 18.3 Å². The van der Waals surface area contributed by atoms with Gasteiger partial charge in [0, 0.05) is 44.3 Å². The predicted octanol–water partition coefficient (Wildman–Crippen LogP) is 3.24. The Kier molecular flexibility index (Phi) is 6.39. The van der Waals surface area contributed by atoms with Crippen LogP contribution >= 0.6 is 0 Å². The van der Waals surface area contributed by atoms with Gasteiger partial charge in [0.25, 0.3) is 5.56 Å². The van der Waals surface area contributed by atoms with Crippen molar-refractivity contribution in [3.05, 3.63) is 51.9 Å². The van der Waals surface area contributed by atoms with Gasteiger partial charge in [0.05, 0.1) is 23.2 Å². The fourth-order valence-corrected chi connectivity index (χ4v) is 4.30. The van der Waals surface area contributed by atoms with Crippen molar-refractivity contribution in [3.8, 4) is 0 Å². The largest absolute Gasteiger partial charge is 0.416 e. The van der Waals surface area contributed by atoms with Gasteiger partial charge in [0.2, 0.25) is 0 Å². The maximum absolute atomic E-state index is 13.3. The second-order valence-electron chi connectivity index (χ2n) is 8.56. The molecule has 0 aliphatic carbocycles. The monoisotopic (exact) mass is 475 g/mol. The minimum absolute atomic E-state index is 0.0184. The minimum Gasteiger partial charge on any atom is -0.399 e. The highest BCUT2D eigenvalue weighted by Crippen LogP contribution is 2.34. The maximum Gasteiger partial charge on any atom is 0.416 e. The number of nitrogen functional groups attached to an aromatic ring is 1. The number of nitrogens with one attached hydrogen (secondary N) is 1. The van der Waals surface area contributed by atoms with Gasteiger partial charge in [-0.05, 0) is 43.3 Å². The number of anilines is 3. The summed E-state index contributed by atoms with van der Waals surface area (Å²) in [6, 6.07) is 4.78. The van der Waals surface area contributed by atoms with Gasteiger partial charge in [-0.25, -0.2) is 0 Å². The number of alkyl halides is 3. The summed E-state index contributed by atoms with van der Waals surface area (Å²) in [7, 11) is 1.73. The number of benzene rings is 1. The number of likely N-dealkylation sites (N-methyl/N-ethyl adjacent to an activating group) is 1. The first-order chi connectivity index (χ1) is 16.1. The molecular weight excluding hydrogens is 447 g/mol. The fourth-order valence-electron chi connectivity index (χ4n) is 4.30. The summed E-state index contributed by atoms with van der Waals surface area (Å²) in [5.41, 5.74) is 5.07. The molecule has 0 spiro atoms. The van der Waals surface area contributed by atoms with Crippen LogP contribution in [0.4, 0.5) is 30.5 Å². The van der Waals surface area contributed by atoms with E-state index in [0.717, 1.165) is 50.7 Å². The van der Waals surface area contributed by atoms with E-state index in [1.807, 2.05) is 6.07 Å². The summed E-state index contributed by atoms with van der Waals surface area (Å²) < 4.78 is 41.4. The third kappa shape index (κ3) is 4.65. The molecule has 34 heavy (non-hydrogen) atoms. The molecule has 0 saturated carbocycles. The molecule has 1 fully saturated rings. The zero-order valence-electron chi connectivity index (χ0n) is 19.4. The first-order valence-electron chi connectivity index (χ1n) is 11.2. The number of aromatic nitrogens is 3. The molecule has 2 aromatic heterocycles. The first-order valence-corrected chi connectivity index (χ1v) is 11.2. The van der Waals surface area contributed by atoms with E-state index in [1.165, 1.54) is 12.3 Å². The van der Waals surface area contributed by atoms with Crippen molar-refractivity contribution in [2.45, 2.75) is 26.1 Å². The molecule has 1 aliphatic rings. The summed E-state index contributed by atoms with van der Waals surface area (Å²) in [5, 5.41) is 12.2. The lowest BCUT2D eigenvalue weighted by atomic mass is 10.0. The van der Waals surface area contributed by atoms with Crippen molar-refractivity contribution in [1.29, 1.82) is 0 Å². The number of rotatable bonds is 5. The van der Waals surface area contributed by atoms with E-state index in [-0.39, 0.29) is 11.2 Å². The summed E-state index contributed by atoms with van der Waals surface area (Å²) in [5.74, 6) is 1.09. The summed E-state index contributed by atoms with van der Waals surface area (Å²) in [6.07, 6.45) is -3.10. The molecule has 1 aliphatic heterocycles. The van der Waals surface area contributed by atoms with Gasteiger partial charge in [-0.15, -0.1) is 5.10 Å². The molecule has 4 rings (SSSR count). The van der Waals surface area contributed by atoms with Crippen molar-refractivity contribution in [1.82, 2.24) is 19.7 Å². The number of nitrogens with zero attached hydrogens (tertiary/aromatic N) is 5. The number of fused-ring (bicyclic) bond motifs is 1. The van der Waals surface area contributed by atoms with Crippen molar-refractivity contribution in [2.75, 3.05) is 48.7 Å². The van der Waals surface area contributed by atoms with Crippen LogP contribution in [0, 0.1) is 0 Å². The Balaban J connectivity index is 1.71. The van der Waals surface area contributed by atoms with Crippen molar-refractivity contribution in [3.63, 3.8) is 0 Å². The van der Waals surface area contributed by atoms with Crippen LogP contribution in [0.2, 0.25) is 0 Å². The first kappa shape index (κ1) is 23.8.